The fraction of sp³-hybridized carbons (Fsp3) is 0.450. The van der Waals surface area contributed by atoms with Gasteiger partial charge in [-0.1, -0.05) is 25.4 Å². The molecule has 2 N–H and O–H groups in total. The van der Waals surface area contributed by atoms with E-state index in [1.807, 2.05) is 6.07 Å². The lowest BCUT2D eigenvalue weighted by Crippen LogP contribution is -2.44. The number of likely N-dealkylation sites (tertiary alicyclic amines) is 1. The van der Waals surface area contributed by atoms with Gasteiger partial charge in [0.1, 0.15) is 11.8 Å². The van der Waals surface area contributed by atoms with E-state index in [-0.39, 0.29) is 28.7 Å². The van der Waals surface area contributed by atoms with Crippen molar-refractivity contribution >= 4 is 28.9 Å². The topological polar surface area (TPSA) is 86.2 Å². The van der Waals surface area contributed by atoms with Crippen molar-refractivity contribution in [1.82, 2.24) is 19.4 Å². The largest absolute Gasteiger partial charge is 0.493 e. The molecule has 3 heterocycles. The van der Waals surface area contributed by atoms with Gasteiger partial charge in [0.05, 0.1) is 28.4 Å². The molecule has 2 bridgehead atoms. The minimum atomic E-state index is -0.297. The number of fused-ring (bicyclic) bond motifs is 5. The van der Waals surface area contributed by atoms with Crippen molar-refractivity contribution in [1.29, 1.82) is 5.26 Å². The predicted molar refractivity (Wildman–Crippen MR) is 115 cm³/mol. The van der Waals surface area contributed by atoms with Crippen LogP contribution in [0.15, 0.2) is 16.9 Å². The molecule has 2 aromatic rings. The van der Waals surface area contributed by atoms with E-state index in [0.29, 0.717) is 40.1 Å². The van der Waals surface area contributed by atoms with Crippen LogP contribution in [0.1, 0.15) is 49.2 Å². The number of imidazole rings is 1. The van der Waals surface area contributed by atoms with Crippen LogP contribution in [0, 0.1) is 24.2 Å². The summed E-state index contributed by atoms with van der Waals surface area (Å²) in [5.41, 5.74) is 1.67. The summed E-state index contributed by atoms with van der Waals surface area (Å²) in [6.07, 6.45) is 0.746. The molecule has 29 heavy (non-hydrogen) atoms. The van der Waals surface area contributed by atoms with Gasteiger partial charge in [0.25, 0.3) is 0 Å². The third kappa shape index (κ3) is 2.92. The van der Waals surface area contributed by atoms with Crippen molar-refractivity contribution in [3.05, 3.63) is 44.5 Å². The first kappa shape index (κ1) is 19.8. The number of hydrogen-bond donors (Lipinski definition) is 2. The van der Waals surface area contributed by atoms with Gasteiger partial charge in [0, 0.05) is 13.1 Å². The minimum Gasteiger partial charge on any atom is -0.493 e. The zero-order chi connectivity index (χ0) is 21.0. The highest BCUT2D eigenvalue weighted by atomic mass is 35.5. The van der Waals surface area contributed by atoms with E-state index in [4.69, 9.17) is 29.1 Å². The summed E-state index contributed by atoms with van der Waals surface area (Å²) < 4.78 is 2.96. The van der Waals surface area contributed by atoms with Crippen LogP contribution in [0.2, 0.25) is 5.02 Å². The lowest BCUT2D eigenvalue weighted by Gasteiger charge is -2.30. The maximum Gasteiger partial charge on any atom is 0.336 e. The number of aromatic hydroxyl groups is 1. The van der Waals surface area contributed by atoms with Crippen LogP contribution < -0.4 is 11.0 Å². The maximum atomic E-state index is 13.2. The second kappa shape index (κ2) is 7.08. The maximum absolute atomic E-state index is 13.2. The molecule has 1 saturated heterocycles. The summed E-state index contributed by atoms with van der Waals surface area (Å²) >= 11 is 11.8. The van der Waals surface area contributed by atoms with Gasteiger partial charge in [-0.05, 0) is 49.2 Å². The molecule has 0 amide bonds. The summed E-state index contributed by atoms with van der Waals surface area (Å²) in [4.78, 5) is 15.2. The van der Waals surface area contributed by atoms with Gasteiger partial charge in [0.15, 0.2) is 5.11 Å². The first-order valence-electron chi connectivity index (χ1n) is 9.56. The zero-order valence-corrected chi connectivity index (χ0v) is 18.0. The van der Waals surface area contributed by atoms with Crippen LogP contribution in [0.4, 0.5) is 0 Å². The van der Waals surface area contributed by atoms with Crippen LogP contribution >= 0.6 is 23.8 Å². The number of nitriles is 1. The van der Waals surface area contributed by atoms with Crippen LogP contribution in [0.5, 0.6) is 5.88 Å². The fourth-order valence-corrected chi connectivity index (χ4v) is 4.77. The third-order valence-corrected chi connectivity index (χ3v) is 6.57. The fourth-order valence-electron chi connectivity index (χ4n) is 4.28. The van der Waals surface area contributed by atoms with E-state index in [2.05, 4.69) is 24.1 Å². The molecular weight excluding hydrogens is 410 g/mol. The highest BCUT2D eigenvalue weighted by Crippen LogP contribution is 2.48. The molecule has 1 fully saturated rings. The Kier molecular flexibility index (Phi) is 4.83. The highest BCUT2D eigenvalue weighted by Gasteiger charge is 2.48. The average molecular weight is 432 g/mol. The van der Waals surface area contributed by atoms with Crippen molar-refractivity contribution in [3.63, 3.8) is 0 Å². The first-order valence-corrected chi connectivity index (χ1v) is 10.3. The lowest BCUT2D eigenvalue weighted by atomic mass is 10.1. The van der Waals surface area contributed by atoms with E-state index in [9.17, 15) is 9.90 Å². The molecule has 9 heteroatoms. The molecule has 152 valence electrons. The summed E-state index contributed by atoms with van der Waals surface area (Å²) in [6, 6.07) is 5.05. The summed E-state index contributed by atoms with van der Waals surface area (Å²) in [5.74, 6) is 0.368. The number of halogens is 1. The zero-order valence-electron chi connectivity index (χ0n) is 16.4. The molecular formula is C20H22ClN5O2S. The van der Waals surface area contributed by atoms with Crippen molar-refractivity contribution < 1.29 is 5.11 Å². The second-order valence-electron chi connectivity index (χ2n) is 8.02. The van der Waals surface area contributed by atoms with Gasteiger partial charge in [0.2, 0.25) is 5.88 Å². The number of rotatable bonds is 3. The first-order chi connectivity index (χ1) is 13.8. The van der Waals surface area contributed by atoms with E-state index in [1.54, 1.807) is 23.6 Å². The van der Waals surface area contributed by atoms with Crippen molar-refractivity contribution in [3.8, 4) is 17.6 Å². The monoisotopic (exact) mass is 431 g/mol. The summed E-state index contributed by atoms with van der Waals surface area (Å²) in [5, 5.41) is 24.4. The molecule has 1 aromatic heterocycles. The van der Waals surface area contributed by atoms with E-state index < -0.39 is 0 Å². The number of nitrogens with zero attached hydrogens (tertiary/aromatic N) is 4. The number of hydrogen-bond acceptors (Lipinski definition) is 4. The lowest BCUT2D eigenvalue weighted by molar-refractivity contribution is 0.332. The highest BCUT2D eigenvalue weighted by molar-refractivity contribution is 7.80. The molecule has 7 nitrogen and oxygen atoms in total. The molecule has 1 aromatic carbocycles. The van der Waals surface area contributed by atoms with Crippen LogP contribution in [0.25, 0.3) is 5.69 Å². The van der Waals surface area contributed by atoms with E-state index in [1.165, 1.54) is 4.57 Å². The normalized spacial score (nSPS) is 19.5. The van der Waals surface area contributed by atoms with Crippen LogP contribution in [-0.2, 0) is 0 Å². The average Bonchev–Trinajstić information content (AvgIpc) is 3.34. The molecule has 0 radical (unpaired) electrons. The molecule has 0 spiro atoms. The van der Waals surface area contributed by atoms with Crippen LogP contribution in [-0.4, -0.2) is 37.3 Å². The van der Waals surface area contributed by atoms with Gasteiger partial charge >= 0.3 is 5.69 Å². The van der Waals surface area contributed by atoms with E-state index >= 15 is 0 Å². The number of thiocarbonyl (C=S) groups is 1. The van der Waals surface area contributed by atoms with Crippen molar-refractivity contribution in [2.24, 2.45) is 5.92 Å². The number of aromatic nitrogens is 2. The van der Waals surface area contributed by atoms with Crippen molar-refractivity contribution in [2.75, 3.05) is 13.1 Å². The second-order valence-corrected chi connectivity index (χ2v) is 8.78. The molecule has 0 saturated carbocycles. The molecule has 0 aliphatic carbocycles. The van der Waals surface area contributed by atoms with Gasteiger partial charge in [-0.3, -0.25) is 4.57 Å². The Hall–Kier alpha value is -2.50. The molecule has 4 rings (SSSR count). The van der Waals surface area contributed by atoms with Gasteiger partial charge in [-0.2, -0.15) is 5.26 Å². The quantitative estimate of drug-likeness (QED) is 0.726. The number of nitrogens with one attached hydrogen (secondary N) is 1. The Labute approximate surface area is 179 Å². The van der Waals surface area contributed by atoms with Crippen LogP contribution in [0.3, 0.4) is 0 Å². The molecule has 1 unspecified atom stereocenters. The Bertz CT molecular complexity index is 1110. The van der Waals surface area contributed by atoms with Gasteiger partial charge < -0.3 is 15.3 Å². The third-order valence-electron chi connectivity index (χ3n) is 5.70. The Morgan fingerprint density at radius 2 is 2.21 bits per heavy atom. The standard InChI is InChI=1S/C20H22ClN5O2S/c1-10(2)8-23-19(29)24-9-13-6-15(24)17-18(27)26(20(28)25(13)17)14-5-4-12(7-22)16(21)11(14)3/h4-5,10,13,15,27H,6,8-9H2,1-3H3,(H,23,29)/t13-,15?/m1/s1. The Morgan fingerprint density at radius 1 is 1.48 bits per heavy atom. The smallest absolute Gasteiger partial charge is 0.336 e. The minimum absolute atomic E-state index is 0.0393. The van der Waals surface area contributed by atoms with E-state index in [0.717, 1.165) is 13.0 Å². The predicted octanol–water partition coefficient (Wildman–Crippen LogP) is 3.01. The Morgan fingerprint density at radius 3 is 2.86 bits per heavy atom. The van der Waals surface area contributed by atoms with Gasteiger partial charge in [-0.15, -0.1) is 0 Å². The number of benzene rings is 1. The molecule has 2 aliphatic heterocycles. The summed E-state index contributed by atoms with van der Waals surface area (Å²) in [6.45, 7) is 7.37. The van der Waals surface area contributed by atoms with Crippen molar-refractivity contribution in [2.45, 2.75) is 39.3 Å². The Balaban J connectivity index is 1.75. The molecule has 2 aliphatic rings. The SMILES string of the molecule is Cc1c(-n2c(O)c3n(c2=O)[C@@H]2CC3N(C(=S)NCC(C)C)C2)ccc(C#N)c1Cl. The van der Waals surface area contributed by atoms with Gasteiger partial charge in [-0.25, -0.2) is 9.36 Å². The molecule has 2 atom stereocenters. The summed E-state index contributed by atoms with van der Waals surface area (Å²) in [7, 11) is 0.